The monoisotopic (exact) mass is 199 g/mol. The van der Waals surface area contributed by atoms with Gasteiger partial charge in [0.2, 0.25) is 0 Å². The van der Waals surface area contributed by atoms with Gasteiger partial charge in [-0.25, -0.2) is 4.39 Å². The molecule has 0 bridgehead atoms. The van der Waals surface area contributed by atoms with Crippen molar-refractivity contribution in [3.05, 3.63) is 0 Å². The highest BCUT2D eigenvalue weighted by Crippen LogP contribution is 2.38. The fraction of sp³-hybridized carbons (Fsp3) is 1.00. The molecule has 3 atom stereocenters. The van der Waals surface area contributed by atoms with Gasteiger partial charge in [-0.2, -0.15) is 13.2 Å². The molecular weight excluding hydrogens is 186 g/mol. The van der Waals surface area contributed by atoms with Crippen LogP contribution in [0.15, 0.2) is 0 Å². The van der Waals surface area contributed by atoms with Crippen molar-refractivity contribution in [3.8, 4) is 0 Å². The second kappa shape index (κ2) is 3.82. The zero-order valence-electron chi connectivity index (χ0n) is 7.37. The minimum atomic E-state index is -4.17. The third-order valence-electron chi connectivity index (χ3n) is 2.60. The molecule has 3 unspecified atom stereocenters. The summed E-state index contributed by atoms with van der Waals surface area (Å²) in [6.07, 6.45) is -5.52. The molecule has 0 radical (unpaired) electrons. The summed E-state index contributed by atoms with van der Waals surface area (Å²) in [5, 5.41) is 2.58. The molecule has 1 rings (SSSR count). The molecule has 0 amide bonds. The molecule has 1 N–H and O–H groups in total. The van der Waals surface area contributed by atoms with E-state index in [9.17, 15) is 17.6 Å². The number of alkyl halides is 4. The molecule has 1 nitrogen and oxygen atoms in total. The zero-order valence-corrected chi connectivity index (χ0v) is 7.37. The smallest absolute Gasteiger partial charge is 0.314 e. The van der Waals surface area contributed by atoms with Crippen LogP contribution in [-0.2, 0) is 0 Å². The second-order valence-electron chi connectivity index (χ2n) is 3.46. The van der Waals surface area contributed by atoms with Crippen molar-refractivity contribution in [2.75, 3.05) is 7.05 Å². The van der Waals surface area contributed by atoms with Crippen LogP contribution in [0.5, 0.6) is 0 Å². The van der Waals surface area contributed by atoms with Crippen LogP contribution in [0.1, 0.15) is 19.3 Å². The topological polar surface area (TPSA) is 12.0 Å². The summed E-state index contributed by atoms with van der Waals surface area (Å²) in [5.74, 6) is -1.34. The van der Waals surface area contributed by atoms with Gasteiger partial charge in [0.05, 0.1) is 5.92 Å². The molecular formula is C8H13F4N. The van der Waals surface area contributed by atoms with E-state index < -0.39 is 24.3 Å². The molecule has 0 aliphatic heterocycles. The molecule has 0 aromatic carbocycles. The lowest BCUT2D eigenvalue weighted by molar-refractivity contribution is -0.186. The van der Waals surface area contributed by atoms with Gasteiger partial charge in [-0.3, -0.25) is 0 Å². The average Bonchev–Trinajstić information content (AvgIpc) is 2.03. The fourth-order valence-corrected chi connectivity index (χ4v) is 1.73. The van der Waals surface area contributed by atoms with E-state index in [0.717, 1.165) is 0 Å². The average molecular weight is 199 g/mol. The lowest BCUT2D eigenvalue weighted by Gasteiger charge is -2.32. The SMILES string of the molecule is CNC1CC(C(F)(F)F)CCC1F. The normalized spacial score (nSPS) is 36.2. The number of nitrogens with one attached hydrogen (secondary N) is 1. The molecule has 0 spiro atoms. The molecule has 1 fully saturated rings. The van der Waals surface area contributed by atoms with Crippen LogP contribution in [0, 0.1) is 5.92 Å². The highest BCUT2D eigenvalue weighted by Gasteiger charge is 2.44. The maximum absolute atomic E-state index is 13.0. The van der Waals surface area contributed by atoms with E-state index in [1.54, 1.807) is 0 Å². The Bertz CT molecular complexity index is 168. The predicted molar refractivity (Wildman–Crippen MR) is 41.1 cm³/mol. The van der Waals surface area contributed by atoms with E-state index in [2.05, 4.69) is 5.32 Å². The van der Waals surface area contributed by atoms with Gasteiger partial charge in [0.15, 0.2) is 0 Å². The second-order valence-corrected chi connectivity index (χ2v) is 3.46. The molecule has 78 valence electrons. The van der Waals surface area contributed by atoms with Crippen molar-refractivity contribution in [3.63, 3.8) is 0 Å². The van der Waals surface area contributed by atoms with Gasteiger partial charge >= 0.3 is 6.18 Å². The van der Waals surface area contributed by atoms with Gasteiger partial charge < -0.3 is 5.32 Å². The third kappa shape index (κ3) is 2.56. The minimum absolute atomic E-state index is 0.00961. The standard InChI is InChI=1S/C8H13F4N/c1-13-7-4-5(8(10,11)12)2-3-6(7)9/h5-7,13H,2-4H2,1H3. The van der Waals surface area contributed by atoms with Crippen LogP contribution in [0.2, 0.25) is 0 Å². The molecule has 1 saturated carbocycles. The Kier molecular flexibility index (Phi) is 3.16. The Balaban J connectivity index is 2.55. The number of hydrogen-bond acceptors (Lipinski definition) is 1. The van der Waals surface area contributed by atoms with Gasteiger partial charge in [-0.15, -0.1) is 0 Å². The van der Waals surface area contributed by atoms with E-state index in [1.165, 1.54) is 7.05 Å². The summed E-state index contributed by atoms with van der Waals surface area (Å²) >= 11 is 0. The maximum Gasteiger partial charge on any atom is 0.391 e. The Labute approximate surface area is 74.5 Å². The van der Waals surface area contributed by atoms with Crippen molar-refractivity contribution < 1.29 is 17.6 Å². The highest BCUT2D eigenvalue weighted by atomic mass is 19.4. The highest BCUT2D eigenvalue weighted by molar-refractivity contribution is 4.86. The number of halogens is 4. The van der Waals surface area contributed by atoms with Crippen LogP contribution in [-0.4, -0.2) is 25.4 Å². The Morgan fingerprint density at radius 2 is 1.85 bits per heavy atom. The van der Waals surface area contributed by atoms with Gasteiger partial charge in [-0.05, 0) is 26.3 Å². The maximum atomic E-state index is 13.0. The molecule has 0 aromatic heterocycles. The third-order valence-corrected chi connectivity index (χ3v) is 2.60. The molecule has 13 heavy (non-hydrogen) atoms. The summed E-state index contributed by atoms with van der Waals surface area (Å²) in [4.78, 5) is 0. The van der Waals surface area contributed by atoms with Crippen LogP contribution >= 0.6 is 0 Å². The lowest BCUT2D eigenvalue weighted by atomic mass is 9.84. The van der Waals surface area contributed by atoms with Crippen LogP contribution in [0.25, 0.3) is 0 Å². The predicted octanol–water partition coefficient (Wildman–Crippen LogP) is 2.27. The first-order valence-corrected chi connectivity index (χ1v) is 4.33. The van der Waals surface area contributed by atoms with Crippen molar-refractivity contribution in [2.45, 2.75) is 37.7 Å². The van der Waals surface area contributed by atoms with Gasteiger partial charge in [-0.1, -0.05) is 0 Å². The summed E-state index contributed by atoms with van der Waals surface area (Å²) < 4.78 is 49.7. The summed E-state index contributed by atoms with van der Waals surface area (Å²) in [5.41, 5.74) is 0. The van der Waals surface area contributed by atoms with E-state index in [-0.39, 0.29) is 19.3 Å². The Morgan fingerprint density at radius 3 is 2.31 bits per heavy atom. The van der Waals surface area contributed by atoms with E-state index in [0.29, 0.717) is 0 Å². The van der Waals surface area contributed by atoms with Crippen LogP contribution < -0.4 is 5.32 Å². The van der Waals surface area contributed by atoms with Crippen LogP contribution in [0.4, 0.5) is 17.6 Å². The molecule has 5 heteroatoms. The molecule has 1 aliphatic rings. The Morgan fingerprint density at radius 1 is 1.23 bits per heavy atom. The van der Waals surface area contributed by atoms with Crippen LogP contribution in [0.3, 0.4) is 0 Å². The quantitative estimate of drug-likeness (QED) is 0.639. The van der Waals surface area contributed by atoms with E-state index >= 15 is 0 Å². The fourth-order valence-electron chi connectivity index (χ4n) is 1.73. The summed E-state index contributed by atoms with van der Waals surface area (Å²) in [7, 11) is 1.50. The lowest BCUT2D eigenvalue weighted by Crippen LogP contribution is -2.44. The molecule has 0 heterocycles. The van der Waals surface area contributed by atoms with E-state index in [1.807, 2.05) is 0 Å². The first-order chi connectivity index (χ1) is 5.95. The van der Waals surface area contributed by atoms with Crippen molar-refractivity contribution >= 4 is 0 Å². The molecule has 1 aliphatic carbocycles. The van der Waals surface area contributed by atoms with Gasteiger partial charge in [0.25, 0.3) is 0 Å². The first kappa shape index (κ1) is 10.8. The number of rotatable bonds is 1. The van der Waals surface area contributed by atoms with Crippen molar-refractivity contribution in [1.29, 1.82) is 0 Å². The minimum Gasteiger partial charge on any atom is -0.314 e. The molecule has 0 saturated heterocycles. The van der Waals surface area contributed by atoms with E-state index in [4.69, 9.17) is 0 Å². The summed E-state index contributed by atoms with van der Waals surface area (Å²) in [6.45, 7) is 0. The Hall–Kier alpha value is -0.320. The number of hydrogen-bond donors (Lipinski definition) is 1. The van der Waals surface area contributed by atoms with Crippen molar-refractivity contribution in [1.82, 2.24) is 5.32 Å². The first-order valence-electron chi connectivity index (χ1n) is 4.33. The summed E-state index contributed by atoms with van der Waals surface area (Å²) in [6, 6.07) is -0.639. The largest absolute Gasteiger partial charge is 0.391 e. The van der Waals surface area contributed by atoms with Gasteiger partial charge in [0, 0.05) is 6.04 Å². The molecule has 0 aromatic rings. The zero-order chi connectivity index (χ0) is 10.1. The van der Waals surface area contributed by atoms with Gasteiger partial charge in [0.1, 0.15) is 6.17 Å². The van der Waals surface area contributed by atoms with Crippen molar-refractivity contribution in [2.24, 2.45) is 5.92 Å².